The van der Waals surface area contributed by atoms with Crippen LogP contribution in [0.2, 0.25) is 0 Å². The van der Waals surface area contributed by atoms with Crippen LogP contribution in [0.5, 0.6) is 5.75 Å². The van der Waals surface area contributed by atoms with E-state index in [1.807, 2.05) is 30.3 Å². The molecule has 0 unspecified atom stereocenters. The van der Waals surface area contributed by atoms with Gasteiger partial charge in [-0.1, -0.05) is 24.3 Å². The summed E-state index contributed by atoms with van der Waals surface area (Å²) in [6.07, 6.45) is -0.513. The second-order valence-electron chi connectivity index (χ2n) is 6.02. The van der Waals surface area contributed by atoms with E-state index >= 15 is 0 Å². The molecule has 1 aliphatic rings. The first-order chi connectivity index (χ1) is 12.7. The largest absolute Gasteiger partial charge is 0.497 e. The van der Waals surface area contributed by atoms with E-state index in [4.69, 9.17) is 4.74 Å². The minimum absolute atomic E-state index is 0.140. The van der Waals surface area contributed by atoms with Crippen molar-refractivity contribution in [2.75, 3.05) is 17.3 Å². The van der Waals surface area contributed by atoms with Gasteiger partial charge in [-0.2, -0.15) is 0 Å². The molecule has 0 saturated heterocycles. The first-order valence-electron chi connectivity index (χ1n) is 8.26. The SMILES string of the molecule is COc1ccc(N2C(=O)c3ccccc3N[C@H]2c2cccc(F)c2)cc1. The molecule has 0 bridgehead atoms. The molecule has 0 radical (unpaired) electrons. The van der Waals surface area contributed by atoms with Gasteiger partial charge in [0.25, 0.3) is 5.91 Å². The van der Waals surface area contributed by atoms with Crippen molar-refractivity contribution in [2.24, 2.45) is 0 Å². The molecule has 5 heteroatoms. The van der Waals surface area contributed by atoms with Gasteiger partial charge in [0.05, 0.1) is 12.7 Å². The van der Waals surface area contributed by atoms with Gasteiger partial charge >= 0.3 is 0 Å². The highest BCUT2D eigenvalue weighted by Crippen LogP contribution is 2.37. The molecule has 1 atom stereocenters. The van der Waals surface area contributed by atoms with Crippen molar-refractivity contribution in [2.45, 2.75) is 6.17 Å². The van der Waals surface area contributed by atoms with Gasteiger partial charge in [-0.15, -0.1) is 0 Å². The van der Waals surface area contributed by atoms with Crippen LogP contribution in [0.1, 0.15) is 22.1 Å². The number of methoxy groups -OCH3 is 1. The zero-order valence-electron chi connectivity index (χ0n) is 14.1. The number of hydrogen-bond donors (Lipinski definition) is 1. The van der Waals surface area contributed by atoms with Crippen molar-refractivity contribution in [3.05, 3.63) is 89.7 Å². The molecule has 1 aliphatic heterocycles. The van der Waals surface area contributed by atoms with E-state index in [9.17, 15) is 9.18 Å². The Morgan fingerprint density at radius 2 is 1.77 bits per heavy atom. The van der Waals surface area contributed by atoms with Crippen LogP contribution in [0.15, 0.2) is 72.8 Å². The number of nitrogens with zero attached hydrogens (tertiary/aromatic N) is 1. The molecule has 3 aromatic carbocycles. The summed E-state index contributed by atoms with van der Waals surface area (Å²) in [5.74, 6) is 0.220. The van der Waals surface area contributed by atoms with Crippen LogP contribution < -0.4 is 15.0 Å². The van der Waals surface area contributed by atoms with Crippen LogP contribution in [0, 0.1) is 5.82 Å². The van der Waals surface area contributed by atoms with Gasteiger partial charge in [-0.25, -0.2) is 4.39 Å². The molecule has 26 heavy (non-hydrogen) atoms. The smallest absolute Gasteiger partial charge is 0.262 e. The molecule has 0 spiro atoms. The first-order valence-corrected chi connectivity index (χ1v) is 8.26. The second-order valence-corrected chi connectivity index (χ2v) is 6.02. The standard InChI is InChI=1S/C21H17FN2O2/c1-26-17-11-9-16(10-12-17)24-20(14-5-4-6-15(22)13-14)23-19-8-3-2-7-18(19)21(24)25/h2-13,20,23H,1H3/t20-/m1/s1. The summed E-state index contributed by atoms with van der Waals surface area (Å²) >= 11 is 0. The molecule has 0 aliphatic carbocycles. The summed E-state index contributed by atoms with van der Waals surface area (Å²) in [6, 6.07) is 20.8. The Hall–Kier alpha value is -3.34. The summed E-state index contributed by atoms with van der Waals surface area (Å²) in [4.78, 5) is 14.8. The fourth-order valence-corrected chi connectivity index (χ4v) is 3.17. The molecule has 0 aromatic heterocycles. The van der Waals surface area contributed by atoms with Crippen molar-refractivity contribution in [3.63, 3.8) is 0 Å². The lowest BCUT2D eigenvalue weighted by Crippen LogP contribution is -2.43. The third-order valence-corrected chi connectivity index (χ3v) is 4.44. The van der Waals surface area contributed by atoms with Crippen LogP contribution in [0.3, 0.4) is 0 Å². The van der Waals surface area contributed by atoms with E-state index in [2.05, 4.69) is 5.32 Å². The number of para-hydroxylation sites is 1. The van der Waals surface area contributed by atoms with Crippen LogP contribution >= 0.6 is 0 Å². The monoisotopic (exact) mass is 348 g/mol. The molecule has 0 saturated carbocycles. The molecule has 130 valence electrons. The Balaban J connectivity index is 1.84. The number of hydrogen-bond acceptors (Lipinski definition) is 3. The summed E-state index contributed by atoms with van der Waals surface area (Å²) in [5.41, 5.74) is 2.68. The Labute approximate surface area is 150 Å². The normalized spacial score (nSPS) is 16.0. The van der Waals surface area contributed by atoms with Gasteiger partial charge < -0.3 is 10.1 Å². The molecule has 4 rings (SSSR count). The number of rotatable bonds is 3. The lowest BCUT2D eigenvalue weighted by atomic mass is 10.0. The van der Waals surface area contributed by atoms with E-state index in [1.54, 1.807) is 42.3 Å². The van der Waals surface area contributed by atoms with Crippen molar-refractivity contribution >= 4 is 17.3 Å². The second kappa shape index (κ2) is 6.52. The maximum atomic E-state index is 13.8. The number of carbonyl (C=O) groups excluding carboxylic acids is 1. The number of nitrogens with one attached hydrogen (secondary N) is 1. The molecular weight excluding hydrogens is 331 g/mol. The average molecular weight is 348 g/mol. The summed E-state index contributed by atoms with van der Waals surface area (Å²) in [5, 5.41) is 3.36. The van der Waals surface area contributed by atoms with Gasteiger partial charge in [0.1, 0.15) is 17.7 Å². The highest BCUT2D eigenvalue weighted by Gasteiger charge is 2.34. The Kier molecular flexibility index (Phi) is 4.05. The van der Waals surface area contributed by atoms with Gasteiger partial charge in [0, 0.05) is 11.4 Å². The minimum Gasteiger partial charge on any atom is -0.497 e. The molecular formula is C21H17FN2O2. The van der Waals surface area contributed by atoms with E-state index < -0.39 is 6.17 Å². The highest BCUT2D eigenvalue weighted by molar-refractivity contribution is 6.12. The number of fused-ring (bicyclic) bond motifs is 1. The summed E-state index contributed by atoms with van der Waals surface area (Å²) in [7, 11) is 1.59. The number of ether oxygens (including phenoxy) is 1. The van der Waals surface area contributed by atoms with Crippen LogP contribution in [0.4, 0.5) is 15.8 Å². The number of benzene rings is 3. The lowest BCUT2D eigenvalue weighted by Gasteiger charge is -2.38. The Morgan fingerprint density at radius 3 is 2.50 bits per heavy atom. The van der Waals surface area contributed by atoms with Crippen molar-refractivity contribution < 1.29 is 13.9 Å². The zero-order chi connectivity index (χ0) is 18.1. The summed E-state index contributed by atoms with van der Waals surface area (Å²) in [6.45, 7) is 0. The van der Waals surface area contributed by atoms with E-state index in [-0.39, 0.29) is 11.7 Å². The number of halogens is 1. The third-order valence-electron chi connectivity index (χ3n) is 4.44. The third kappa shape index (κ3) is 2.77. The Morgan fingerprint density at radius 1 is 1.00 bits per heavy atom. The van der Waals surface area contributed by atoms with Gasteiger partial charge in [0.2, 0.25) is 0 Å². The minimum atomic E-state index is -0.513. The first kappa shape index (κ1) is 16.1. The maximum Gasteiger partial charge on any atom is 0.262 e. The fourth-order valence-electron chi connectivity index (χ4n) is 3.17. The van der Waals surface area contributed by atoms with Gasteiger partial charge in [-0.05, 0) is 54.1 Å². The van der Waals surface area contributed by atoms with E-state index in [0.717, 1.165) is 5.69 Å². The molecule has 4 nitrogen and oxygen atoms in total. The molecule has 0 fully saturated rings. The summed E-state index contributed by atoms with van der Waals surface area (Å²) < 4.78 is 19.0. The molecule has 1 amide bonds. The number of anilines is 2. The zero-order valence-corrected chi connectivity index (χ0v) is 14.1. The fraction of sp³-hybridized carbons (Fsp3) is 0.0952. The molecule has 1 heterocycles. The average Bonchev–Trinajstić information content (AvgIpc) is 2.68. The maximum absolute atomic E-state index is 13.8. The van der Waals surface area contributed by atoms with Crippen molar-refractivity contribution in [1.82, 2.24) is 0 Å². The van der Waals surface area contributed by atoms with Gasteiger partial charge in [-0.3, -0.25) is 9.69 Å². The van der Waals surface area contributed by atoms with Crippen LogP contribution in [0.25, 0.3) is 0 Å². The van der Waals surface area contributed by atoms with E-state index in [0.29, 0.717) is 22.6 Å². The van der Waals surface area contributed by atoms with Gasteiger partial charge in [0.15, 0.2) is 0 Å². The van der Waals surface area contributed by atoms with Crippen molar-refractivity contribution in [1.29, 1.82) is 0 Å². The number of amides is 1. The predicted molar refractivity (Wildman–Crippen MR) is 99.0 cm³/mol. The van der Waals surface area contributed by atoms with E-state index in [1.165, 1.54) is 12.1 Å². The number of carbonyl (C=O) groups is 1. The topological polar surface area (TPSA) is 41.6 Å². The predicted octanol–water partition coefficient (Wildman–Crippen LogP) is 4.61. The molecule has 3 aromatic rings. The van der Waals surface area contributed by atoms with Crippen LogP contribution in [-0.2, 0) is 0 Å². The highest BCUT2D eigenvalue weighted by atomic mass is 19.1. The molecule has 1 N–H and O–H groups in total. The Bertz CT molecular complexity index is 956. The quantitative estimate of drug-likeness (QED) is 0.752. The van der Waals surface area contributed by atoms with Crippen molar-refractivity contribution in [3.8, 4) is 5.75 Å². The lowest BCUT2D eigenvalue weighted by molar-refractivity contribution is 0.0975. The van der Waals surface area contributed by atoms with Crippen LogP contribution in [-0.4, -0.2) is 13.0 Å².